The lowest BCUT2D eigenvalue weighted by atomic mass is 9.89. The van der Waals surface area contributed by atoms with E-state index in [0.29, 0.717) is 13.0 Å². The van der Waals surface area contributed by atoms with Crippen LogP contribution >= 0.6 is 0 Å². The second-order valence-electron chi connectivity index (χ2n) is 2.90. The fourth-order valence-electron chi connectivity index (χ4n) is 0.902. The monoisotopic (exact) mass is 188 g/mol. The van der Waals surface area contributed by atoms with Crippen molar-refractivity contribution >= 4 is 13.0 Å². The van der Waals surface area contributed by atoms with Gasteiger partial charge in [0.25, 0.3) is 0 Å². The summed E-state index contributed by atoms with van der Waals surface area (Å²) >= 11 is 0. The van der Waals surface area contributed by atoms with Crippen LogP contribution in [0.2, 0.25) is 6.82 Å². The first-order valence-electron chi connectivity index (χ1n) is 4.32. The summed E-state index contributed by atoms with van der Waals surface area (Å²) in [5.74, 6) is -0.392. The first-order chi connectivity index (χ1) is 6.07. The maximum Gasteiger partial charge on any atom is 0.373 e. The van der Waals surface area contributed by atoms with Gasteiger partial charge >= 0.3 is 13.0 Å². The number of esters is 1. The SMILES string of the molecule is COC(=O)[C@@H](N)CCCNB(C)O. The van der Waals surface area contributed by atoms with Crippen LogP contribution in [0.1, 0.15) is 12.8 Å². The highest BCUT2D eigenvalue weighted by Gasteiger charge is 2.12. The number of carbonyl (C=O) groups is 1. The van der Waals surface area contributed by atoms with Gasteiger partial charge in [0.2, 0.25) is 0 Å². The van der Waals surface area contributed by atoms with Crippen molar-refractivity contribution < 1.29 is 14.6 Å². The molecule has 0 rings (SSSR count). The number of ether oxygens (including phenoxy) is 1. The van der Waals surface area contributed by atoms with Crippen LogP contribution in [0.25, 0.3) is 0 Å². The van der Waals surface area contributed by atoms with Crippen molar-refractivity contribution in [1.82, 2.24) is 5.23 Å². The van der Waals surface area contributed by atoms with Gasteiger partial charge in [-0.3, -0.25) is 4.79 Å². The van der Waals surface area contributed by atoms with Crippen molar-refractivity contribution in [2.24, 2.45) is 5.73 Å². The molecule has 4 N–H and O–H groups in total. The molecule has 13 heavy (non-hydrogen) atoms. The number of rotatable bonds is 6. The van der Waals surface area contributed by atoms with E-state index >= 15 is 0 Å². The Hall–Kier alpha value is -0.585. The first-order valence-corrected chi connectivity index (χ1v) is 4.32. The third kappa shape index (κ3) is 6.56. The fraction of sp³-hybridized carbons (Fsp3) is 0.857. The minimum atomic E-state index is -0.555. The molecule has 0 bridgehead atoms. The van der Waals surface area contributed by atoms with Crippen LogP contribution in [0, 0.1) is 0 Å². The molecule has 76 valence electrons. The smallest absolute Gasteiger partial charge is 0.373 e. The Kier molecular flexibility index (Phi) is 6.57. The minimum Gasteiger partial charge on any atom is -0.468 e. The van der Waals surface area contributed by atoms with Gasteiger partial charge in [-0.25, -0.2) is 0 Å². The van der Waals surface area contributed by atoms with Gasteiger partial charge in [0, 0.05) is 0 Å². The van der Waals surface area contributed by atoms with E-state index in [1.54, 1.807) is 6.82 Å². The number of hydrogen-bond acceptors (Lipinski definition) is 5. The molecular weight excluding hydrogens is 171 g/mol. The number of hydrogen-bond donors (Lipinski definition) is 3. The normalized spacial score (nSPS) is 12.3. The molecule has 6 heteroatoms. The Labute approximate surface area is 78.8 Å². The lowest BCUT2D eigenvalue weighted by molar-refractivity contribution is -0.142. The maximum absolute atomic E-state index is 10.8. The van der Waals surface area contributed by atoms with Gasteiger partial charge in [-0.2, -0.15) is 0 Å². The summed E-state index contributed by atoms with van der Waals surface area (Å²) in [6.45, 7) is 2.28. The van der Waals surface area contributed by atoms with E-state index in [9.17, 15) is 4.79 Å². The molecule has 0 aromatic rings. The lowest BCUT2D eigenvalue weighted by Crippen LogP contribution is -2.35. The van der Waals surface area contributed by atoms with Crippen LogP contribution in [0.5, 0.6) is 0 Å². The maximum atomic E-state index is 10.8. The van der Waals surface area contributed by atoms with Crippen molar-refractivity contribution in [1.29, 1.82) is 0 Å². The van der Waals surface area contributed by atoms with Crippen molar-refractivity contribution in [2.75, 3.05) is 13.7 Å². The zero-order chi connectivity index (χ0) is 10.3. The van der Waals surface area contributed by atoms with E-state index in [1.807, 2.05) is 0 Å². The molecule has 0 unspecified atom stereocenters. The van der Waals surface area contributed by atoms with Crippen molar-refractivity contribution in [3.05, 3.63) is 0 Å². The predicted octanol–water partition coefficient (Wildman–Crippen LogP) is -1.03. The molecular formula is C7H17BN2O3. The number of carbonyl (C=O) groups excluding carboxylic acids is 1. The fourth-order valence-corrected chi connectivity index (χ4v) is 0.902. The first kappa shape index (κ1) is 12.4. The van der Waals surface area contributed by atoms with Gasteiger partial charge in [0.05, 0.1) is 7.11 Å². The van der Waals surface area contributed by atoms with Crippen LogP contribution in [0.4, 0.5) is 0 Å². The lowest BCUT2D eigenvalue weighted by Gasteiger charge is -2.09. The summed E-state index contributed by atoms with van der Waals surface area (Å²) in [5, 5.41) is 11.6. The molecule has 0 fully saturated rings. The number of methoxy groups -OCH3 is 1. The average molecular weight is 188 g/mol. The zero-order valence-corrected chi connectivity index (χ0v) is 8.12. The molecule has 0 aliphatic heterocycles. The standard InChI is InChI=1S/C7H17BN2O3/c1-8(12)10-5-3-4-6(9)7(11)13-2/h6,10,12H,3-5,9H2,1-2H3/t6-/m0/s1. The Morgan fingerprint density at radius 1 is 1.77 bits per heavy atom. The third-order valence-corrected chi connectivity index (χ3v) is 1.64. The topological polar surface area (TPSA) is 84.6 Å². The summed E-state index contributed by atoms with van der Waals surface area (Å²) in [4.78, 5) is 10.8. The van der Waals surface area contributed by atoms with Crippen molar-refractivity contribution in [2.45, 2.75) is 25.7 Å². The average Bonchev–Trinajstić information content (AvgIpc) is 2.10. The highest BCUT2D eigenvalue weighted by atomic mass is 16.5. The Balaban J connectivity index is 3.37. The summed E-state index contributed by atoms with van der Waals surface area (Å²) in [6, 6.07) is -0.555. The summed E-state index contributed by atoms with van der Waals surface area (Å²) < 4.78 is 4.46. The highest BCUT2D eigenvalue weighted by molar-refractivity contribution is 6.45. The third-order valence-electron chi connectivity index (χ3n) is 1.64. The summed E-state index contributed by atoms with van der Waals surface area (Å²) in [7, 11) is 0.797. The largest absolute Gasteiger partial charge is 0.468 e. The molecule has 0 aromatic heterocycles. The molecule has 0 amide bonds. The van der Waals surface area contributed by atoms with Gasteiger partial charge < -0.3 is 20.7 Å². The Morgan fingerprint density at radius 3 is 2.85 bits per heavy atom. The number of nitrogens with two attached hydrogens (primary N) is 1. The molecule has 0 saturated carbocycles. The van der Waals surface area contributed by atoms with E-state index in [2.05, 4.69) is 9.96 Å². The molecule has 0 heterocycles. The van der Waals surface area contributed by atoms with Gasteiger partial charge in [0.15, 0.2) is 0 Å². The van der Waals surface area contributed by atoms with Gasteiger partial charge in [-0.1, -0.05) is 0 Å². The second kappa shape index (κ2) is 6.88. The van der Waals surface area contributed by atoms with E-state index in [0.717, 1.165) is 6.42 Å². The number of nitrogens with one attached hydrogen (secondary N) is 1. The van der Waals surface area contributed by atoms with Gasteiger partial charge in [-0.15, -0.1) is 0 Å². The van der Waals surface area contributed by atoms with E-state index in [4.69, 9.17) is 10.8 Å². The van der Waals surface area contributed by atoms with E-state index < -0.39 is 19.1 Å². The molecule has 1 atom stereocenters. The molecule has 0 aliphatic carbocycles. The quantitative estimate of drug-likeness (QED) is 0.282. The molecule has 0 radical (unpaired) electrons. The van der Waals surface area contributed by atoms with Crippen molar-refractivity contribution in [3.63, 3.8) is 0 Å². The highest BCUT2D eigenvalue weighted by Crippen LogP contribution is 1.95. The van der Waals surface area contributed by atoms with Gasteiger partial charge in [0.1, 0.15) is 6.04 Å². The molecule has 0 saturated heterocycles. The van der Waals surface area contributed by atoms with Crippen LogP contribution < -0.4 is 11.0 Å². The van der Waals surface area contributed by atoms with E-state index in [1.165, 1.54) is 7.11 Å². The van der Waals surface area contributed by atoms with Crippen molar-refractivity contribution in [3.8, 4) is 0 Å². The van der Waals surface area contributed by atoms with Crippen LogP contribution in [0.15, 0.2) is 0 Å². The zero-order valence-electron chi connectivity index (χ0n) is 8.12. The molecule has 0 aromatic carbocycles. The molecule has 5 nitrogen and oxygen atoms in total. The Bertz CT molecular complexity index is 155. The second-order valence-corrected chi connectivity index (χ2v) is 2.90. The Morgan fingerprint density at radius 2 is 2.38 bits per heavy atom. The molecule has 0 aliphatic rings. The van der Waals surface area contributed by atoms with Crippen LogP contribution in [-0.4, -0.2) is 37.7 Å². The van der Waals surface area contributed by atoms with Gasteiger partial charge in [-0.05, 0) is 26.2 Å². The molecule has 0 spiro atoms. The summed E-state index contributed by atoms with van der Waals surface area (Å²) in [6.07, 6.45) is 1.30. The minimum absolute atomic E-state index is 0.392. The summed E-state index contributed by atoms with van der Waals surface area (Å²) in [5.41, 5.74) is 5.48. The predicted molar refractivity (Wildman–Crippen MR) is 51.1 cm³/mol. The van der Waals surface area contributed by atoms with Crippen LogP contribution in [-0.2, 0) is 9.53 Å². The van der Waals surface area contributed by atoms with E-state index in [-0.39, 0.29) is 0 Å². The van der Waals surface area contributed by atoms with Crippen LogP contribution in [0.3, 0.4) is 0 Å².